The molecule has 0 aliphatic rings. The van der Waals surface area contributed by atoms with Gasteiger partial charge in [0.1, 0.15) is 0 Å². The quantitative estimate of drug-likeness (QED) is 0.594. The Bertz CT molecular complexity index is 1120. The summed E-state index contributed by atoms with van der Waals surface area (Å²) >= 11 is 0. The van der Waals surface area contributed by atoms with Crippen molar-refractivity contribution in [1.29, 1.82) is 0 Å². The Kier molecular flexibility index (Phi) is 4.44. The number of aromatic nitrogens is 6. The van der Waals surface area contributed by atoms with Crippen LogP contribution in [0, 0.1) is 20.8 Å². The minimum atomic E-state index is -0.178. The van der Waals surface area contributed by atoms with E-state index in [4.69, 9.17) is 0 Å². The Balaban J connectivity index is 1.48. The summed E-state index contributed by atoms with van der Waals surface area (Å²) in [7, 11) is 0. The maximum Gasteiger partial charge on any atom is 0.255 e. The molecule has 0 radical (unpaired) electrons. The second-order valence-electron chi connectivity index (χ2n) is 6.47. The van der Waals surface area contributed by atoms with Gasteiger partial charge in [-0.3, -0.25) is 4.79 Å². The zero-order chi connectivity index (χ0) is 19.7. The Morgan fingerprint density at radius 3 is 2.18 bits per heavy atom. The zero-order valence-electron chi connectivity index (χ0n) is 15.8. The van der Waals surface area contributed by atoms with Crippen LogP contribution in [0.15, 0.2) is 54.9 Å². The third kappa shape index (κ3) is 3.27. The van der Waals surface area contributed by atoms with Gasteiger partial charge in [0.15, 0.2) is 5.82 Å². The fraction of sp³-hybridized carbons (Fsp3) is 0.150. The van der Waals surface area contributed by atoms with E-state index in [2.05, 4.69) is 25.8 Å². The molecule has 28 heavy (non-hydrogen) atoms. The van der Waals surface area contributed by atoms with Gasteiger partial charge in [0.2, 0.25) is 0 Å². The number of nitrogens with one attached hydrogen (secondary N) is 1. The molecule has 0 atom stereocenters. The SMILES string of the molecule is Cc1ncn(-c2ccc(NC(=O)c3ccc(-n4nnnc4C)cc3)cc2)c1C. The number of benzene rings is 2. The molecule has 0 unspecified atom stereocenters. The predicted molar refractivity (Wildman–Crippen MR) is 105 cm³/mol. The number of nitrogens with zero attached hydrogens (tertiary/aromatic N) is 6. The maximum atomic E-state index is 12.5. The summed E-state index contributed by atoms with van der Waals surface area (Å²) < 4.78 is 3.63. The second-order valence-corrected chi connectivity index (χ2v) is 6.47. The lowest BCUT2D eigenvalue weighted by Gasteiger charge is -2.09. The summed E-state index contributed by atoms with van der Waals surface area (Å²) in [6, 6.07) is 14.8. The van der Waals surface area contributed by atoms with E-state index in [0.717, 1.165) is 28.5 Å². The molecule has 2 aromatic heterocycles. The molecule has 2 aromatic carbocycles. The molecule has 1 amide bonds. The van der Waals surface area contributed by atoms with E-state index in [1.807, 2.05) is 61.7 Å². The third-order valence-corrected chi connectivity index (χ3v) is 4.65. The fourth-order valence-corrected chi connectivity index (χ4v) is 2.89. The summed E-state index contributed by atoms with van der Waals surface area (Å²) in [4.78, 5) is 16.8. The van der Waals surface area contributed by atoms with Crippen LogP contribution in [-0.2, 0) is 0 Å². The van der Waals surface area contributed by atoms with Crippen molar-refractivity contribution in [1.82, 2.24) is 29.8 Å². The van der Waals surface area contributed by atoms with Crippen molar-refractivity contribution in [2.75, 3.05) is 5.32 Å². The van der Waals surface area contributed by atoms with Crippen LogP contribution in [0.4, 0.5) is 5.69 Å². The van der Waals surface area contributed by atoms with Crippen LogP contribution < -0.4 is 5.32 Å². The monoisotopic (exact) mass is 373 g/mol. The van der Waals surface area contributed by atoms with Crippen molar-refractivity contribution >= 4 is 11.6 Å². The van der Waals surface area contributed by atoms with Gasteiger partial charge in [-0.05, 0) is 79.7 Å². The summed E-state index contributed by atoms with van der Waals surface area (Å²) in [6.07, 6.45) is 1.80. The highest BCUT2D eigenvalue weighted by Crippen LogP contribution is 2.18. The highest BCUT2D eigenvalue weighted by Gasteiger charge is 2.09. The first-order valence-electron chi connectivity index (χ1n) is 8.80. The molecule has 0 aliphatic carbocycles. The van der Waals surface area contributed by atoms with Crippen molar-refractivity contribution in [3.63, 3.8) is 0 Å². The number of imidazole rings is 1. The number of hydrogen-bond donors (Lipinski definition) is 1. The van der Waals surface area contributed by atoms with Gasteiger partial charge in [-0.2, -0.15) is 4.68 Å². The van der Waals surface area contributed by atoms with Crippen LogP contribution in [-0.4, -0.2) is 35.7 Å². The molecule has 4 rings (SSSR count). The minimum Gasteiger partial charge on any atom is -0.322 e. The number of tetrazole rings is 1. The maximum absolute atomic E-state index is 12.5. The summed E-state index contributed by atoms with van der Waals surface area (Å²) in [5.41, 5.74) is 5.17. The second kappa shape index (κ2) is 7.07. The van der Waals surface area contributed by atoms with E-state index in [-0.39, 0.29) is 5.91 Å². The molecule has 0 spiro atoms. The van der Waals surface area contributed by atoms with E-state index in [1.54, 1.807) is 23.1 Å². The number of aryl methyl sites for hydroxylation is 2. The van der Waals surface area contributed by atoms with Crippen LogP contribution in [0.2, 0.25) is 0 Å². The first-order chi connectivity index (χ1) is 13.5. The predicted octanol–water partition coefficient (Wildman–Crippen LogP) is 3.03. The first kappa shape index (κ1) is 17.6. The number of carbonyl (C=O) groups is 1. The average molecular weight is 373 g/mol. The molecule has 1 N–H and O–H groups in total. The van der Waals surface area contributed by atoms with E-state index < -0.39 is 0 Å². The van der Waals surface area contributed by atoms with E-state index in [1.165, 1.54) is 0 Å². The molecule has 8 nitrogen and oxygen atoms in total. The largest absolute Gasteiger partial charge is 0.322 e. The van der Waals surface area contributed by atoms with Crippen LogP contribution >= 0.6 is 0 Å². The molecule has 4 aromatic rings. The van der Waals surface area contributed by atoms with Crippen molar-refractivity contribution in [3.8, 4) is 11.4 Å². The van der Waals surface area contributed by atoms with E-state index in [0.29, 0.717) is 11.4 Å². The molecule has 0 fully saturated rings. The molecule has 0 aliphatic heterocycles. The summed E-state index contributed by atoms with van der Waals surface area (Å²) in [5.74, 6) is 0.503. The van der Waals surface area contributed by atoms with Gasteiger partial charge < -0.3 is 9.88 Å². The lowest BCUT2D eigenvalue weighted by atomic mass is 10.2. The molecular formula is C20H19N7O. The Hall–Kier alpha value is -3.81. The zero-order valence-corrected chi connectivity index (χ0v) is 15.8. The Morgan fingerprint density at radius 2 is 1.61 bits per heavy atom. The Morgan fingerprint density at radius 1 is 0.929 bits per heavy atom. The number of carbonyl (C=O) groups excluding carboxylic acids is 1. The topological polar surface area (TPSA) is 90.5 Å². The Labute approximate surface area is 161 Å². The van der Waals surface area contributed by atoms with Gasteiger partial charge in [0, 0.05) is 22.6 Å². The lowest BCUT2D eigenvalue weighted by molar-refractivity contribution is 0.102. The summed E-state index contributed by atoms with van der Waals surface area (Å²) in [5, 5.41) is 14.3. The van der Waals surface area contributed by atoms with E-state index in [9.17, 15) is 4.79 Å². The van der Waals surface area contributed by atoms with Gasteiger partial charge in [0.05, 0.1) is 17.7 Å². The standard InChI is InChI=1S/C20H19N7O/c1-13-14(2)26(12-21-13)18-10-6-17(7-11-18)22-20(28)16-4-8-19(9-5-16)27-15(3)23-24-25-27/h4-12H,1-3H3,(H,22,28). The van der Waals surface area contributed by atoms with Crippen molar-refractivity contribution < 1.29 is 4.79 Å². The highest BCUT2D eigenvalue weighted by atomic mass is 16.1. The van der Waals surface area contributed by atoms with Crippen molar-refractivity contribution in [2.45, 2.75) is 20.8 Å². The number of anilines is 1. The molecule has 8 heteroatoms. The van der Waals surface area contributed by atoms with Crippen LogP contribution in [0.25, 0.3) is 11.4 Å². The molecular weight excluding hydrogens is 354 g/mol. The number of amides is 1. The molecule has 0 saturated carbocycles. The van der Waals surface area contributed by atoms with Gasteiger partial charge in [-0.15, -0.1) is 5.10 Å². The molecule has 0 saturated heterocycles. The van der Waals surface area contributed by atoms with Gasteiger partial charge in [0.25, 0.3) is 5.91 Å². The highest BCUT2D eigenvalue weighted by molar-refractivity contribution is 6.04. The molecule has 2 heterocycles. The van der Waals surface area contributed by atoms with Crippen molar-refractivity contribution in [3.05, 3.63) is 77.6 Å². The van der Waals surface area contributed by atoms with Crippen LogP contribution in [0.3, 0.4) is 0 Å². The first-order valence-corrected chi connectivity index (χ1v) is 8.80. The lowest BCUT2D eigenvalue weighted by Crippen LogP contribution is -2.12. The van der Waals surface area contributed by atoms with Crippen LogP contribution in [0.1, 0.15) is 27.6 Å². The normalized spacial score (nSPS) is 10.8. The molecule has 0 bridgehead atoms. The van der Waals surface area contributed by atoms with Crippen LogP contribution in [0.5, 0.6) is 0 Å². The third-order valence-electron chi connectivity index (χ3n) is 4.65. The van der Waals surface area contributed by atoms with Gasteiger partial charge in [-0.1, -0.05) is 0 Å². The van der Waals surface area contributed by atoms with E-state index >= 15 is 0 Å². The van der Waals surface area contributed by atoms with Gasteiger partial charge in [-0.25, -0.2) is 4.98 Å². The van der Waals surface area contributed by atoms with Gasteiger partial charge >= 0.3 is 0 Å². The minimum absolute atomic E-state index is 0.178. The number of hydrogen-bond acceptors (Lipinski definition) is 5. The number of rotatable bonds is 4. The average Bonchev–Trinajstić information content (AvgIpc) is 3.28. The smallest absolute Gasteiger partial charge is 0.255 e. The van der Waals surface area contributed by atoms with Crippen molar-refractivity contribution in [2.24, 2.45) is 0 Å². The fourth-order valence-electron chi connectivity index (χ4n) is 2.89. The molecule has 140 valence electrons. The summed E-state index contributed by atoms with van der Waals surface area (Å²) in [6.45, 7) is 5.82.